The van der Waals surface area contributed by atoms with Crippen LogP contribution in [0.3, 0.4) is 0 Å². The molecule has 0 aliphatic heterocycles. The van der Waals surface area contributed by atoms with Crippen molar-refractivity contribution in [1.29, 1.82) is 0 Å². The largest absolute Gasteiger partial charge is 0.268 e. The van der Waals surface area contributed by atoms with Crippen LogP contribution in [-0.2, 0) is 0 Å². The van der Waals surface area contributed by atoms with Crippen molar-refractivity contribution in [3.8, 4) is 0 Å². The Balaban J connectivity index is 3.49. The Morgan fingerprint density at radius 3 is 3.57 bits per heavy atom. The number of aromatic nitrogens is 2. The molecule has 0 amide bonds. The van der Waals surface area contributed by atoms with Crippen LogP contribution >= 0.6 is 0 Å². The molecule has 36 valence electrons. The van der Waals surface area contributed by atoms with Crippen LogP contribution in [-0.4, -0.2) is 10.2 Å². The molecule has 1 rings (SSSR count). The first-order valence-electron chi connectivity index (χ1n) is 3.15. The Hall–Kier alpha value is -1.12. The fourth-order valence-corrected chi connectivity index (χ4v) is 0.219. The second-order valence-electron chi connectivity index (χ2n) is 0.915. The summed E-state index contributed by atoms with van der Waals surface area (Å²) in [5.41, 5.74) is -0.735. The first kappa shape index (κ1) is 1.78. The van der Waals surface area contributed by atoms with Crippen molar-refractivity contribution in [2.24, 2.45) is 0 Å². The third-order valence-electron chi connectivity index (χ3n) is 0.445. The molecule has 3 nitrogen and oxygen atoms in total. The van der Waals surface area contributed by atoms with Gasteiger partial charge >= 0.3 is 0 Å². The Kier molecular flexibility index (Phi) is 0.394. The highest BCUT2D eigenvalue weighted by atomic mass is 16.1. The van der Waals surface area contributed by atoms with E-state index in [1.165, 1.54) is 0 Å². The predicted molar refractivity (Wildman–Crippen MR) is 24.9 cm³/mol. The molecule has 0 radical (unpaired) electrons. The van der Waals surface area contributed by atoms with Gasteiger partial charge in [-0.1, -0.05) is 0 Å². The monoisotopic (exact) mass is 99.1 g/mol. The highest BCUT2D eigenvalue weighted by molar-refractivity contribution is 4.81. The van der Waals surface area contributed by atoms with Crippen molar-refractivity contribution >= 4 is 0 Å². The molecule has 3 heteroatoms. The molecule has 1 aromatic rings. The summed E-state index contributed by atoms with van der Waals surface area (Å²) in [5.74, 6) is 0. The SMILES string of the molecule is [2H]c1n[nH]c(=O)c([2H])c1[2H]. The molecule has 1 N–H and O–H groups in total. The van der Waals surface area contributed by atoms with Crippen LogP contribution in [0.5, 0.6) is 0 Å². The molecule has 0 atom stereocenters. The normalized spacial score (nSPS) is 14.6. The minimum atomic E-state index is -0.735. The van der Waals surface area contributed by atoms with E-state index in [9.17, 15) is 4.79 Å². The highest BCUT2D eigenvalue weighted by Crippen LogP contribution is 1.60. The van der Waals surface area contributed by atoms with E-state index in [0.29, 0.717) is 0 Å². The van der Waals surface area contributed by atoms with Gasteiger partial charge in [0.1, 0.15) is 0 Å². The molecule has 0 aliphatic carbocycles. The molecule has 0 aliphatic rings. The zero-order chi connectivity index (χ0) is 7.72. The molecule has 0 fully saturated rings. The van der Waals surface area contributed by atoms with Crippen LogP contribution < -0.4 is 5.56 Å². The molecule has 0 saturated carbocycles. The van der Waals surface area contributed by atoms with Crippen LogP contribution in [0.15, 0.2) is 23.1 Å². The highest BCUT2D eigenvalue weighted by Gasteiger charge is 1.70. The van der Waals surface area contributed by atoms with Crippen molar-refractivity contribution < 1.29 is 4.11 Å². The third-order valence-corrected chi connectivity index (χ3v) is 0.445. The summed E-state index contributed by atoms with van der Waals surface area (Å²) >= 11 is 0. The molecule has 0 unspecified atom stereocenters. The van der Waals surface area contributed by atoms with Gasteiger partial charge in [0.15, 0.2) is 0 Å². The van der Waals surface area contributed by atoms with E-state index < -0.39 is 17.6 Å². The quantitative estimate of drug-likeness (QED) is 0.488. The number of rotatable bonds is 0. The first-order valence-corrected chi connectivity index (χ1v) is 1.65. The number of nitrogens with one attached hydrogen (secondary N) is 1. The minimum absolute atomic E-state index is 0.385. The average molecular weight is 99.1 g/mol. The summed E-state index contributed by atoms with van der Waals surface area (Å²) in [6.07, 6.45) is -0.385. The lowest BCUT2D eigenvalue weighted by Crippen LogP contribution is -2.02. The van der Waals surface area contributed by atoms with E-state index in [-0.39, 0.29) is 6.17 Å². The van der Waals surface area contributed by atoms with Crippen LogP contribution in [0.4, 0.5) is 0 Å². The van der Waals surface area contributed by atoms with Crippen LogP contribution in [0.1, 0.15) is 4.11 Å². The second-order valence-corrected chi connectivity index (χ2v) is 0.915. The standard InChI is InChI=1S/C4H4N2O/c7-4-2-1-3-5-6-4/h1-3H,(H,6,7)/i1D,2D,3D. The van der Waals surface area contributed by atoms with Gasteiger partial charge in [0, 0.05) is 12.2 Å². The van der Waals surface area contributed by atoms with E-state index in [1.807, 2.05) is 5.10 Å². The summed E-state index contributed by atoms with van der Waals surface area (Å²) < 4.78 is 20.7. The number of aromatic amines is 1. The summed E-state index contributed by atoms with van der Waals surface area (Å²) in [5, 5.41) is 5.07. The van der Waals surface area contributed by atoms with Gasteiger partial charge in [0.2, 0.25) is 0 Å². The van der Waals surface area contributed by atoms with Crippen molar-refractivity contribution in [2.75, 3.05) is 0 Å². The maximum atomic E-state index is 10.5. The summed E-state index contributed by atoms with van der Waals surface area (Å²) in [6, 6.07) is -0.955. The molecule has 7 heavy (non-hydrogen) atoms. The molecule has 1 heterocycles. The lowest BCUT2D eigenvalue weighted by molar-refractivity contribution is 0.988. The molecule has 0 spiro atoms. The zero-order valence-electron chi connectivity index (χ0n) is 6.36. The van der Waals surface area contributed by atoms with Gasteiger partial charge in [0.25, 0.3) is 5.56 Å². The predicted octanol–water partition coefficient (Wildman–Crippen LogP) is -0.230. The van der Waals surface area contributed by atoms with Crippen molar-refractivity contribution in [3.63, 3.8) is 0 Å². The molecule has 1 aromatic heterocycles. The first-order chi connectivity index (χ1) is 4.63. The Morgan fingerprint density at radius 2 is 2.86 bits per heavy atom. The van der Waals surface area contributed by atoms with E-state index in [4.69, 9.17) is 4.11 Å². The van der Waals surface area contributed by atoms with Gasteiger partial charge in [-0.25, -0.2) is 5.10 Å². The fraction of sp³-hybridized carbons (Fsp3) is 0. The number of hydrogen-bond donors (Lipinski definition) is 1. The number of H-pyrrole nitrogens is 1. The van der Waals surface area contributed by atoms with Crippen molar-refractivity contribution in [1.82, 2.24) is 10.2 Å². The summed E-state index contributed by atoms with van der Waals surface area (Å²) in [7, 11) is 0. The molecule has 0 bridgehead atoms. The zero-order valence-corrected chi connectivity index (χ0v) is 3.36. The van der Waals surface area contributed by atoms with Crippen LogP contribution in [0, 0.1) is 0 Å². The second kappa shape index (κ2) is 1.55. The van der Waals surface area contributed by atoms with E-state index in [2.05, 4.69) is 5.10 Å². The average Bonchev–Trinajstić information content (AvgIpc) is 1.93. The van der Waals surface area contributed by atoms with Crippen molar-refractivity contribution in [2.45, 2.75) is 0 Å². The molecule has 0 aromatic carbocycles. The van der Waals surface area contributed by atoms with Gasteiger partial charge in [-0.15, -0.1) is 0 Å². The Bertz CT molecular complexity index is 308. The van der Waals surface area contributed by atoms with Crippen molar-refractivity contribution in [3.05, 3.63) is 28.6 Å². The van der Waals surface area contributed by atoms with E-state index in [1.54, 1.807) is 0 Å². The topological polar surface area (TPSA) is 45.8 Å². The summed E-state index contributed by atoms with van der Waals surface area (Å²) in [4.78, 5) is 10.5. The lowest BCUT2D eigenvalue weighted by atomic mass is 10.6. The lowest BCUT2D eigenvalue weighted by Gasteiger charge is -1.72. The molecular weight excluding hydrogens is 92.1 g/mol. The maximum Gasteiger partial charge on any atom is 0.264 e. The molecular formula is C4H4N2O. The van der Waals surface area contributed by atoms with Gasteiger partial charge in [-0.3, -0.25) is 4.79 Å². The van der Waals surface area contributed by atoms with E-state index >= 15 is 0 Å². The fourth-order valence-electron chi connectivity index (χ4n) is 0.219. The van der Waals surface area contributed by atoms with Crippen LogP contribution in [0.25, 0.3) is 0 Å². The third kappa shape index (κ3) is 0.855. The van der Waals surface area contributed by atoms with Gasteiger partial charge in [-0.2, -0.15) is 5.10 Å². The van der Waals surface area contributed by atoms with Gasteiger partial charge in [-0.05, 0) is 6.04 Å². The maximum absolute atomic E-state index is 10.5. The molecule has 0 saturated heterocycles. The van der Waals surface area contributed by atoms with Crippen LogP contribution in [0.2, 0.25) is 0 Å². The summed E-state index contributed by atoms with van der Waals surface area (Å²) in [6.45, 7) is 0. The van der Waals surface area contributed by atoms with Gasteiger partial charge < -0.3 is 0 Å². The van der Waals surface area contributed by atoms with Gasteiger partial charge in [0.05, 0.1) is 4.11 Å². The number of hydrogen-bond acceptors (Lipinski definition) is 2. The minimum Gasteiger partial charge on any atom is -0.268 e. The number of nitrogens with zero attached hydrogens (tertiary/aromatic N) is 1. The Morgan fingerprint density at radius 1 is 2.00 bits per heavy atom. The smallest absolute Gasteiger partial charge is 0.264 e. The Labute approximate surface area is 44.2 Å². The van der Waals surface area contributed by atoms with E-state index in [0.717, 1.165) is 0 Å².